The Balaban J connectivity index is 1.81. The van der Waals surface area contributed by atoms with Crippen molar-refractivity contribution in [3.63, 3.8) is 0 Å². The summed E-state index contributed by atoms with van der Waals surface area (Å²) in [5.41, 5.74) is 36.5. The topological polar surface area (TPSA) is 111 Å². The van der Waals surface area contributed by atoms with E-state index in [1.807, 2.05) is 0 Å². The van der Waals surface area contributed by atoms with Gasteiger partial charge in [0.05, 0.1) is 46.3 Å². The third kappa shape index (κ3) is 12.4. The van der Waals surface area contributed by atoms with Crippen LogP contribution in [0.5, 0.6) is 0 Å². The molecule has 1 aromatic carbocycles. The molecule has 68 heavy (non-hydrogen) atoms. The molecule has 0 heterocycles. The summed E-state index contributed by atoms with van der Waals surface area (Å²) in [6.45, 7) is 18.3. The summed E-state index contributed by atoms with van der Waals surface area (Å²) < 4.78 is 0. The van der Waals surface area contributed by atoms with Crippen LogP contribution in [0.2, 0.25) is 0 Å². The standard InChI is InChI=1S/C62H100N6/c1-9-17-25-49-33-41-59(37-21-13-5,55(63)45-49)67(60(38-22-14-6)42-34-50(26-18-10-2)46-56(60)64)53-29-31-54(32-30-53)68(61(39-23-15-7)43-35-51(27-19-11-3)47-57(61)65)62(40-24-16-8)44-36-52(28-20-12-4)48-58(62)66/h29-36,41-48,55-58H,9-28,37-40,63-66H2,1-8H3. The lowest BCUT2D eigenvalue weighted by Crippen LogP contribution is -2.72. The highest BCUT2D eigenvalue weighted by molar-refractivity contribution is 5.68. The number of rotatable bonds is 30. The van der Waals surface area contributed by atoms with E-state index in [4.69, 9.17) is 22.9 Å². The molecule has 0 radical (unpaired) electrons. The predicted octanol–water partition coefficient (Wildman–Crippen LogP) is 15.1. The maximum absolute atomic E-state index is 7.69. The second-order valence-corrected chi connectivity index (χ2v) is 21.4. The summed E-state index contributed by atoms with van der Waals surface area (Å²) in [6, 6.07) is 8.83. The second-order valence-electron chi connectivity index (χ2n) is 21.4. The highest BCUT2D eigenvalue weighted by atomic mass is 15.3. The normalized spacial score (nSPS) is 28.9. The average Bonchev–Trinajstić information content (AvgIpc) is 3.35. The van der Waals surface area contributed by atoms with E-state index < -0.39 is 22.2 Å². The van der Waals surface area contributed by atoms with E-state index in [0.29, 0.717) is 0 Å². The van der Waals surface area contributed by atoms with Crippen LogP contribution in [0.15, 0.2) is 119 Å². The van der Waals surface area contributed by atoms with Crippen molar-refractivity contribution in [3.8, 4) is 0 Å². The molecule has 8 atom stereocenters. The molecule has 0 bridgehead atoms. The number of benzene rings is 1. The van der Waals surface area contributed by atoms with Crippen LogP contribution in [0.1, 0.15) is 209 Å². The summed E-state index contributed by atoms with van der Waals surface area (Å²) in [5.74, 6) is 0. The third-order valence-electron chi connectivity index (χ3n) is 16.3. The van der Waals surface area contributed by atoms with Crippen LogP contribution in [0.3, 0.4) is 0 Å². The van der Waals surface area contributed by atoms with E-state index in [1.54, 1.807) is 0 Å². The van der Waals surface area contributed by atoms with Gasteiger partial charge in [0, 0.05) is 11.4 Å². The maximum atomic E-state index is 7.69. The monoisotopic (exact) mass is 929 g/mol. The fourth-order valence-corrected chi connectivity index (χ4v) is 12.0. The van der Waals surface area contributed by atoms with E-state index >= 15 is 0 Å². The Labute approximate surface area is 417 Å². The van der Waals surface area contributed by atoms with Crippen molar-refractivity contribution in [2.45, 2.75) is 256 Å². The van der Waals surface area contributed by atoms with Crippen molar-refractivity contribution in [2.24, 2.45) is 22.9 Å². The summed E-state index contributed by atoms with van der Waals surface area (Å²) in [7, 11) is 0. The number of hydrogen-bond donors (Lipinski definition) is 4. The summed E-state index contributed by atoms with van der Waals surface area (Å²) >= 11 is 0. The maximum Gasteiger partial charge on any atom is 0.0784 e. The molecule has 5 rings (SSSR count). The van der Waals surface area contributed by atoms with Crippen molar-refractivity contribution in [1.29, 1.82) is 0 Å². The Bertz CT molecular complexity index is 1690. The Hall–Kier alpha value is -3.42. The van der Waals surface area contributed by atoms with Crippen LogP contribution in [0.25, 0.3) is 0 Å². The number of allylic oxidation sites excluding steroid dienone is 8. The highest BCUT2D eigenvalue weighted by Crippen LogP contribution is 2.50. The van der Waals surface area contributed by atoms with Crippen molar-refractivity contribution >= 4 is 11.4 Å². The minimum atomic E-state index is -0.496. The van der Waals surface area contributed by atoms with Crippen LogP contribution in [0.4, 0.5) is 11.4 Å². The van der Waals surface area contributed by atoms with E-state index in [0.717, 1.165) is 165 Å². The molecule has 4 aliphatic rings. The first-order valence-electron chi connectivity index (χ1n) is 28.3. The zero-order chi connectivity index (χ0) is 49.2. The van der Waals surface area contributed by atoms with E-state index in [1.165, 1.54) is 22.3 Å². The Morgan fingerprint density at radius 2 is 0.544 bits per heavy atom. The van der Waals surface area contributed by atoms with Gasteiger partial charge in [0.1, 0.15) is 0 Å². The number of hydrogen-bond acceptors (Lipinski definition) is 6. The van der Waals surface area contributed by atoms with Crippen molar-refractivity contribution in [2.75, 3.05) is 9.80 Å². The van der Waals surface area contributed by atoms with Gasteiger partial charge < -0.3 is 32.7 Å². The quantitative estimate of drug-likeness (QED) is 0.0612. The zero-order valence-corrected chi connectivity index (χ0v) is 44.7. The smallest absolute Gasteiger partial charge is 0.0784 e. The first kappa shape index (κ1) is 55.5. The molecule has 0 aromatic heterocycles. The van der Waals surface area contributed by atoms with Gasteiger partial charge in [0.25, 0.3) is 0 Å². The Morgan fingerprint density at radius 1 is 0.338 bits per heavy atom. The van der Waals surface area contributed by atoms with Crippen LogP contribution in [-0.2, 0) is 0 Å². The van der Waals surface area contributed by atoms with Gasteiger partial charge in [-0.25, -0.2) is 0 Å². The van der Waals surface area contributed by atoms with Gasteiger partial charge in [0.15, 0.2) is 0 Å². The molecule has 4 aliphatic carbocycles. The second kappa shape index (κ2) is 26.7. The van der Waals surface area contributed by atoms with Crippen molar-refractivity contribution in [3.05, 3.63) is 119 Å². The van der Waals surface area contributed by atoms with Crippen LogP contribution < -0.4 is 32.7 Å². The van der Waals surface area contributed by atoms with E-state index in [2.05, 4.69) is 162 Å². The van der Waals surface area contributed by atoms with E-state index in [-0.39, 0.29) is 24.2 Å². The molecule has 0 saturated carbocycles. The van der Waals surface area contributed by atoms with Crippen LogP contribution in [0, 0.1) is 0 Å². The first-order chi connectivity index (χ1) is 32.9. The number of nitrogens with zero attached hydrogens (tertiary/aromatic N) is 2. The van der Waals surface area contributed by atoms with Gasteiger partial charge >= 0.3 is 0 Å². The molecule has 0 fully saturated rings. The molecule has 8 N–H and O–H groups in total. The van der Waals surface area contributed by atoms with Gasteiger partial charge in [-0.2, -0.15) is 0 Å². The molecule has 0 spiro atoms. The van der Waals surface area contributed by atoms with Gasteiger partial charge in [-0.1, -0.05) is 228 Å². The fourth-order valence-electron chi connectivity index (χ4n) is 12.0. The molecule has 378 valence electrons. The first-order valence-corrected chi connectivity index (χ1v) is 28.3. The number of anilines is 2. The SMILES string of the molecule is CCCCC1=CC(N)C(CCCC)(N(c2ccc(N(C3(CCCC)C=CC(CCCC)=CC3N)C3(CCCC)C=CC(CCCC)=CC3N)cc2)C2(CCCC)C=CC(CCCC)=CC2N)C=C1. The molecule has 6 heteroatoms. The Morgan fingerprint density at radius 3 is 0.721 bits per heavy atom. The molecule has 8 unspecified atom stereocenters. The lowest BCUT2D eigenvalue weighted by Gasteiger charge is -2.60. The summed E-state index contributed by atoms with van der Waals surface area (Å²) in [6.07, 6.45) is 55.1. The lowest BCUT2D eigenvalue weighted by molar-refractivity contribution is 0.274. The van der Waals surface area contributed by atoms with Gasteiger partial charge in [-0.3, -0.25) is 0 Å². The largest absolute Gasteiger partial charge is 0.349 e. The van der Waals surface area contributed by atoms with E-state index in [9.17, 15) is 0 Å². The molecule has 6 nitrogen and oxygen atoms in total. The fraction of sp³-hybridized carbons (Fsp3) is 0.645. The van der Waals surface area contributed by atoms with Gasteiger partial charge in [0.2, 0.25) is 0 Å². The zero-order valence-electron chi connectivity index (χ0n) is 44.7. The van der Waals surface area contributed by atoms with Gasteiger partial charge in [-0.15, -0.1) is 0 Å². The lowest BCUT2D eigenvalue weighted by atomic mass is 9.70. The molecule has 0 saturated heterocycles. The van der Waals surface area contributed by atoms with Crippen molar-refractivity contribution in [1.82, 2.24) is 0 Å². The van der Waals surface area contributed by atoms with Crippen molar-refractivity contribution < 1.29 is 0 Å². The Kier molecular flexibility index (Phi) is 21.8. The van der Waals surface area contributed by atoms with Crippen LogP contribution in [-0.4, -0.2) is 46.3 Å². The third-order valence-corrected chi connectivity index (χ3v) is 16.3. The minimum Gasteiger partial charge on any atom is -0.349 e. The number of nitrogens with two attached hydrogens (primary N) is 4. The molecular formula is C62H100N6. The molecule has 0 aliphatic heterocycles. The van der Waals surface area contributed by atoms with Gasteiger partial charge in [-0.05, 0) is 101 Å². The number of unbranched alkanes of at least 4 members (excludes halogenated alkanes) is 8. The predicted molar refractivity (Wildman–Crippen MR) is 299 cm³/mol. The molecule has 1 aromatic rings. The average molecular weight is 930 g/mol. The molecule has 0 amide bonds. The minimum absolute atomic E-state index is 0.209. The summed E-state index contributed by atoms with van der Waals surface area (Å²) in [4.78, 5) is 5.48. The summed E-state index contributed by atoms with van der Waals surface area (Å²) in [5, 5.41) is 0. The highest BCUT2D eigenvalue weighted by Gasteiger charge is 2.54. The molecular weight excluding hydrogens is 829 g/mol. The van der Waals surface area contributed by atoms with Crippen LogP contribution >= 0.6 is 0 Å².